The molecule has 1 atom stereocenters. The molecule has 0 aliphatic heterocycles. The highest BCUT2D eigenvalue weighted by Crippen LogP contribution is 2.28. The number of nitrogens with one attached hydrogen (secondary N) is 1. The van der Waals surface area contributed by atoms with Crippen LogP contribution in [0, 0.1) is 12.7 Å². The molecular weight excluding hydrogens is 493 g/mol. The van der Waals surface area contributed by atoms with Gasteiger partial charge in [-0.15, -0.1) is 0 Å². The number of anilines is 1. The van der Waals surface area contributed by atoms with Gasteiger partial charge in [0.1, 0.15) is 18.4 Å². The summed E-state index contributed by atoms with van der Waals surface area (Å²) in [6.07, 6.45) is 4.88. The molecule has 190 valence electrons. The maximum atomic E-state index is 13.6. The molecule has 2 aromatic carbocycles. The first-order valence-corrected chi connectivity index (χ1v) is 13.8. The highest BCUT2D eigenvalue weighted by Gasteiger charge is 2.32. The lowest BCUT2D eigenvalue weighted by Gasteiger charge is -2.32. The minimum atomic E-state index is -3.85. The van der Waals surface area contributed by atoms with E-state index in [0.717, 1.165) is 36.2 Å². The summed E-state index contributed by atoms with van der Waals surface area (Å²) >= 11 is 6.20. The second-order valence-corrected chi connectivity index (χ2v) is 11.3. The van der Waals surface area contributed by atoms with Crippen LogP contribution in [0.5, 0.6) is 0 Å². The lowest BCUT2D eigenvalue weighted by atomic mass is 10.1. The van der Waals surface area contributed by atoms with Crippen molar-refractivity contribution in [2.24, 2.45) is 0 Å². The van der Waals surface area contributed by atoms with Crippen LogP contribution in [0.3, 0.4) is 0 Å². The number of hydrogen-bond acceptors (Lipinski definition) is 4. The van der Waals surface area contributed by atoms with Crippen molar-refractivity contribution in [1.82, 2.24) is 10.2 Å². The second kappa shape index (κ2) is 11.4. The van der Waals surface area contributed by atoms with E-state index in [1.165, 1.54) is 29.2 Å². The number of halogens is 2. The number of carbonyl (C=O) groups is 2. The maximum Gasteiger partial charge on any atom is 0.244 e. The van der Waals surface area contributed by atoms with E-state index in [9.17, 15) is 22.4 Å². The van der Waals surface area contributed by atoms with Crippen molar-refractivity contribution < 1.29 is 22.4 Å². The normalized spacial score (nSPS) is 15.0. The zero-order chi connectivity index (χ0) is 25.8. The zero-order valence-corrected chi connectivity index (χ0v) is 21.7. The molecule has 0 bridgehead atoms. The standard InChI is InChI=1S/C25H31ClFN3O4S/c1-17-22(26)9-6-10-23(17)30(35(3,33)34)16-24(31)29(15-19-11-13-20(27)14-12-19)18(2)25(32)28-21-7-4-5-8-21/h6,9-14,18,21H,4-5,7-8,15-16H2,1-3H3,(H,28,32). The van der Waals surface area contributed by atoms with Crippen molar-refractivity contribution in [3.63, 3.8) is 0 Å². The van der Waals surface area contributed by atoms with Crippen LogP contribution < -0.4 is 9.62 Å². The Morgan fingerprint density at radius 2 is 1.77 bits per heavy atom. The molecule has 7 nitrogen and oxygen atoms in total. The van der Waals surface area contributed by atoms with Gasteiger partial charge in [0.25, 0.3) is 0 Å². The molecule has 1 fully saturated rings. The van der Waals surface area contributed by atoms with Gasteiger partial charge < -0.3 is 10.2 Å². The summed E-state index contributed by atoms with van der Waals surface area (Å²) < 4.78 is 39.8. The van der Waals surface area contributed by atoms with Crippen LogP contribution in [0.1, 0.15) is 43.7 Å². The van der Waals surface area contributed by atoms with Crippen LogP contribution in [0.4, 0.5) is 10.1 Å². The van der Waals surface area contributed by atoms with Crippen molar-refractivity contribution >= 4 is 39.1 Å². The van der Waals surface area contributed by atoms with Crippen LogP contribution >= 0.6 is 11.6 Å². The molecule has 1 aliphatic carbocycles. The van der Waals surface area contributed by atoms with Crippen LogP contribution in [0.15, 0.2) is 42.5 Å². The van der Waals surface area contributed by atoms with Crippen molar-refractivity contribution in [3.8, 4) is 0 Å². The fraction of sp³-hybridized carbons (Fsp3) is 0.440. The molecule has 10 heteroatoms. The first-order chi connectivity index (χ1) is 16.5. The van der Waals surface area contributed by atoms with Gasteiger partial charge in [0, 0.05) is 17.6 Å². The predicted molar refractivity (Wildman–Crippen MR) is 135 cm³/mol. The van der Waals surface area contributed by atoms with Crippen LogP contribution in [-0.2, 0) is 26.2 Å². The second-order valence-electron chi connectivity index (χ2n) is 8.97. The van der Waals surface area contributed by atoms with E-state index in [-0.39, 0.29) is 24.2 Å². The number of amides is 2. The molecular formula is C25H31ClFN3O4S. The molecule has 0 radical (unpaired) electrons. The van der Waals surface area contributed by atoms with Gasteiger partial charge >= 0.3 is 0 Å². The Balaban J connectivity index is 1.90. The predicted octanol–water partition coefficient (Wildman–Crippen LogP) is 4.03. The Kier molecular flexibility index (Phi) is 8.77. The van der Waals surface area contributed by atoms with E-state index < -0.39 is 34.3 Å². The van der Waals surface area contributed by atoms with E-state index in [2.05, 4.69) is 5.32 Å². The Labute approximate surface area is 211 Å². The van der Waals surface area contributed by atoms with Gasteiger partial charge in [-0.2, -0.15) is 0 Å². The third-order valence-electron chi connectivity index (χ3n) is 6.32. The molecule has 0 aromatic heterocycles. The topological polar surface area (TPSA) is 86.8 Å². The van der Waals surface area contributed by atoms with Gasteiger partial charge in [-0.05, 0) is 62.1 Å². The van der Waals surface area contributed by atoms with E-state index in [1.807, 2.05) is 0 Å². The molecule has 3 rings (SSSR count). The fourth-order valence-electron chi connectivity index (χ4n) is 4.22. The first kappa shape index (κ1) is 26.9. The summed E-state index contributed by atoms with van der Waals surface area (Å²) in [4.78, 5) is 27.9. The SMILES string of the molecule is Cc1c(Cl)cccc1N(CC(=O)N(Cc1ccc(F)cc1)C(C)C(=O)NC1CCCC1)S(C)(=O)=O. The summed E-state index contributed by atoms with van der Waals surface area (Å²) in [5.41, 5.74) is 1.42. The number of hydrogen-bond donors (Lipinski definition) is 1. The lowest BCUT2D eigenvalue weighted by molar-refractivity contribution is -0.139. The number of sulfonamides is 1. The molecule has 35 heavy (non-hydrogen) atoms. The molecule has 0 saturated heterocycles. The van der Waals surface area contributed by atoms with E-state index in [4.69, 9.17) is 11.6 Å². The molecule has 1 aliphatic rings. The Bertz CT molecular complexity index is 1170. The largest absolute Gasteiger partial charge is 0.352 e. The summed E-state index contributed by atoms with van der Waals surface area (Å²) in [7, 11) is -3.85. The third kappa shape index (κ3) is 6.95. The number of nitrogens with zero attached hydrogens (tertiary/aromatic N) is 2. The van der Waals surface area contributed by atoms with Crippen molar-refractivity contribution in [2.75, 3.05) is 17.1 Å². The van der Waals surface area contributed by atoms with Gasteiger partial charge in [0.15, 0.2) is 0 Å². The van der Waals surface area contributed by atoms with Gasteiger partial charge in [-0.25, -0.2) is 12.8 Å². The summed E-state index contributed by atoms with van der Waals surface area (Å²) in [6, 6.07) is 9.65. The van der Waals surface area contributed by atoms with Crippen LogP contribution in [-0.4, -0.2) is 50.0 Å². The quantitative estimate of drug-likeness (QED) is 0.537. The summed E-state index contributed by atoms with van der Waals surface area (Å²) in [6.45, 7) is 2.79. The smallest absolute Gasteiger partial charge is 0.244 e. The van der Waals surface area contributed by atoms with E-state index in [1.54, 1.807) is 32.0 Å². The molecule has 0 spiro atoms. The molecule has 2 amide bonds. The Morgan fingerprint density at radius 1 is 1.14 bits per heavy atom. The van der Waals surface area contributed by atoms with E-state index in [0.29, 0.717) is 16.1 Å². The van der Waals surface area contributed by atoms with Crippen LogP contribution in [0.2, 0.25) is 5.02 Å². The van der Waals surface area contributed by atoms with Crippen LogP contribution in [0.25, 0.3) is 0 Å². The summed E-state index contributed by atoms with van der Waals surface area (Å²) in [5, 5.41) is 3.37. The monoisotopic (exact) mass is 523 g/mol. The van der Waals surface area contributed by atoms with Gasteiger partial charge in [0.05, 0.1) is 11.9 Å². The molecule has 1 unspecified atom stereocenters. The fourth-order valence-corrected chi connectivity index (χ4v) is 5.29. The molecule has 1 saturated carbocycles. The van der Waals surface area contributed by atoms with E-state index >= 15 is 0 Å². The average molecular weight is 524 g/mol. The molecule has 1 N–H and O–H groups in total. The summed E-state index contributed by atoms with van der Waals surface area (Å²) in [5.74, 6) is -1.29. The Morgan fingerprint density at radius 3 is 2.37 bits per heavy atom. The third-order valence-corrected chi connectivity index (χ3v) is 7.86. The number of benzene rings is 2. The zero-order valence-electron chi connectivity index (χ0n) is 20.1. The highest BCUT2D eigenvalue weighted by molar-refractivity contribution is 7.92. The molecule has 2 aromatic rings. The number of carbonyl (C=O) groups excluding carboxylic acids is 2. The van der Waals surface area contributed by atoms with Crippen molar-refractivity contribution in [3.05, 3.63) is 64.4 Å². The van der Waals surface area contributed by atoms with Gasteiger partial charge in [-0.3, -0.25) is 13.9 Å². The first-order valence-electron chi connectivity index (χ1n) is 11.5. The van der Waals surface area contributed by atoms with Gasteiger partial charge in [-0.1, -0.05) is 42.6 Å². The minimum Gasteiger partial charge on any atom is -0.352 e. The highest BCUT2D eigenvalue weighted by atomic mass is 35.5. The van der Waals surface area contributed by atoms with Gasteiger partial charge in [0.2, 0.25) is 21.8 Å². The maximum absolute atomic E-state index is 13.6. The lowest BCUT2D eigenvalue weighted by Crippen LogP contribution is -2.52. The average Bonchev–Trinajstić information content (AvgIpc) is 3.31. The molecule has 0 heterocycles. The number of rotatable bonds is 9. The minimum absolute atomic E-state index is 0.0183. The van der Waals surface area contributed by atoms with Crippen molar-refractivity contribution in [2.45, 2.75) is 58.2 Å². The Hall–Kier alpha value is -2.65. The van der Waals surface area contributed by atoms with Crippen molar-refractivity contribution in [1.29, 1.82) is 0 Å².